The molecule has 1 aromatic carbocycles. The number of carbonyl (C=O) groups excluding carboxylic acids is 1. The summed E-state index contributed by atoms with van der Waals surface area (Å²) in [6.45, 7) is 3.68. The minimum atomic E-state index is -0.251. The number of nitrogens with zero attached hydrogens (tertiary/aromatic N) is 3. The molecular weight excluding hydrogens is 370 g/mol. The Labute approximate surface area is 150 Å². The third-order valence-electron chi connectivity index (χ3n) is 3.39. The molecule has 2 aromatic rings. The average molecular weight is 392 g/mol. The molecule has 2 rings (SSSR count). The first-order valence-corrected chi connectivity index (χ1v) is 8.54. The van der Waals surface area contributed by atoms with Crippen LogP contribution in [0.1, 0.15) is 22.5 Å². The van der Waals surface area contributed by atoms with Crippen molar-refractivity contribution in [3.05, 3.63) is 46.2 Å². The normalized spacial score (nSPS) is 10.7. The average Bonchev–Trinajstić information content (AvgIpc) is 2.54. The molecule has 2 N–H and O–H groups in total. The molecule has 0 aliphatic carbocycles. The maximum atomic E-state index is 12.4. The highest BCUT2D eigenvalue weighted by Crippen LogP contribution is 2.20. The van der Waals surface area contributed by atoms with Crippen LogP contribution in [0.15, 0.2) is 34.9 Å². The molecule has 24 heavy (non-hydrogen) atoms. The molecule has 6 nitrogen and oxygen atoms in total. The van der Waals surface area contributed by atoms with Gasteiger partial charge in [0.25, 0.3) is 5.91 Å². The third-order valence-corrected chi connectivity index (χ3v) is 3.88. The van der Waals surface area contributed by atoms with Crippen LogP contribution in [0, 0.1) is 6.92 Å². The fourth-order valence-corrected chi connectivity index (χ4v) is 2.60. The van der Waals surface area contributed by atoms with E-state index in [0.29, 0.717) is 11.6 Å². The van der Waals surface area contributed by atoms with Crippen molar-refractivity contribution in [3.8, 4) is 0 Å². The van der Waals surface area contributed by atoms with Crippen molar-refractivity contribution in [2.24, 2.45) is 0 Å². The number of nitrogens with one attached hydrogen (secondary N) is 2. The fourth-order valence-electron chi connectivity index (χ4n) is 2.12. The second kappa shape index (κ2) is 8.75. The molecule has 0 spiro atoms. The van der Waals surface area contributed by atoms with Gasteiger partial charge in [-0.05, 0) is 63.8 Å². The standard InChI is InChI=1S/C17H22BrN5O/c1-12-11-13(18)5-6-14(12)21-16(24)15-7-9-20-17(22-15)19-8-4-10-23(2)3/h5-7,9,11H,4,8,10H2,1-3H3,(H,21,24)(H,19,20,22). The zero-order valence-corrected chi connectivity index (χ0v) is 15.7. The van der Waals surface area contributed by atoms with E-state index in [4.69, 9.17) is 0 Å². The smallest absolute Gasteiger partial charge is 0.274 e. The van der Waals surface area contributed by atoms with Crippen LogP contribution in [0.25, 0.3) is 0 Å². The second-order valence-corrected chi connectivity index (χ2v) is 6.68. The number of amides is 1. The lowest BCUT2D eigenvalue weighted by atomic mass is 10.2. The van der Waals surface area contributed by atoms with Crippen LogP contribution in [0.2, 0.25) is 0 Å². The lowest BCUT2D eigenvalue weighted by Gasteiger charge is -2.11. The van der Waals surface area contributed by atoms with E-state index in [9.17, 15) is 4.79 Å². The number of halogens is 1. The van der Waals surface area contributed by atoms with Gasteiger partial charge in [0.05, 0.1) is 0 Å². The fraction of sp³-hybridized carbons (Fsp3) is 0.353. The number of anilines is 2. The molecule has 0 atom stereocenters. The van der Waals surface area contributed by atoms with Crippen LogP contribution in [0.3, 0.4) is 0 Å². The van der Waals surface area contributed by atoms with Crippen molar-refractivity contribution in [2.45, 2.75) is 13.3 Å². The predicted octanol–water partition coefficient (Wildman–Crippen LogP) is 3.16. The van der Waals surface area contributed by atoms with E-state index in [2.05, 4.69) is 41.4 Å². The number of rotatable bonds is 7. The Bertz CT molecular complexity index is 705. The Morgan fingerprint density at radius 3 is 2.79 bits per heavy atom. The van der Waals surface area contributed by atoms with E-state index in [0.717, 1.165) is 35.2 Å². The number of hydrogen-bond donors (Lipinski definition) is 2. The van der Waals surface area contributed by atoms with E-state index in [1.807, 2.05) is 39.2 Å². The van der Waals surface area contributed by atoms with Crippen LogP contribution in [0.5, 0.6) is 0 Å². The van der Waals surface area contributed by atoms with Crippen molar-refractivity contribution in [1.29, 1.82) is 0 Å². The molecule has 1 heterocycles. The monoisotopic (exact) mass is 391 g/mol. The first-order chi connectivity index (χ1) is 11.5. The van der Waals surface area contributed by atoms with Crippen LogP contribution in [-0.4, -0.2) is 48.0 Å². The van der Waals surface area contributed by atoms with Gasteiger partial charge >= 0.3 is 0 Å². The predicted molar refractivity (Wildman–Crippen MR) is 101 cm³/mol. The minimum Gasteiger partial charge on any atom is -0.354 e. The number of carbonyl (C=O) groups is 1. The van der Waals surface area contributed by atoms with Crippen molar-refractivity contribution in [3.63, 3.8) is 0 Å². The molecule has 0 bridgehead atoms. The van der Waals surface area contributed by atoms with Gasteiger partial charge in [0.15, 0.2) is 0 Å². The number of hydrogen-bond acceptors (Lipinski definition) is 5. The molecular formula is C17H22BrN5O. The Hall–Kier alpha value is -1.99. The number of benzene rings is 1. The van der Waals surface area contributed by atoms with Crippen LogP contribution in [-0.2, 0) is 0 Å². The Morgan fingerprint density at radius 1 is 1.29 bits per heavy atom. The lowest BCUT2D eigenvalue weighted by molar-refractivity contribution is 0.102. The Morgan fingerprint density at radius 2 is 2.08 bits per heavy atom. The molecule has 0 saturated carbocycles. The third kappa shape index (κ3) is 5.58. The molecule has 128 valence electrons. The first-order valence-electron chi connectivity index (χ1n) is 7.75. The van der Waals surface area contributed by atoms with E-state index >= 15 is 0 Å². The van der Waals surface area contributed by atoms with Gasteiger partial charge in [-0.1, -0.05) is 15.9 Å². The van der Waals surface area contributed by atoms with Gasteiger partial charge in [-0.25, -0.2) is 9.97 Å². The van der Waals surface area contributed by atoms with Crippen LogP contribution < -0.4 is 10.6 Å². The zero-order chi connectivity index (χ0) is 17.5. The molecule has 1 aromatic heterocycles. The molecule has 0 aliphatic rings. The highest BCUT2D eigenvalue weighted by Gasteiger charge is 2.10. The largest absolute Gasteiger partial charge is 0.354 e. The molecule has 0 radical (unpaired) electrons. The van der Waals surface area contributed by atoms with E-state index in [1.165, 1.54) is 0 Å². The summed E-state index contributed by atoms with van der Waals surface area (Å²) < 4.78 is 0.976. The quantitative estimate of drug-likeness (QED) is 0.709. The van der Waals surface area contributed by atoms with Crippen molar-refractivity contribution < 1.29 is 4.79 Å². The van der Waals surface area contributed by atoms with E-state index < -0.39 is 0 Å². The second-order valence-electron chi connectivity index (χ2n) is 5.76. The van der Waals surface area contributed by atoms with Crippen molar-refractivity contribution >= 4 is 33.5 Å². The Kier molecular flexibility index (Phi) is 6.69. The summed E-state index contributed by atoms with van der Waals surface area (Å²) in [4.78, 5) is 22.9. The number of aryl methyl sites for hydroxylation is 1. The lowest BCUT2D eigenvalue weighted by Crippen LogP contribution is -2.18. The molecule has 1 amide bonds. The highest BCUT2D eigenvalue weighted by atomic mass is 79.9. The van der Waals surface area contributed by atoms with Gasteiger partial charge in [-0.15, -0.1) is 0 Å². The summed E-state index contributed by atoms with van der Waals surface area (Å²) in [5.41, 5.74) is 2.08. The summed E-state index contributed by atoms with van der Waals surface area (Å²) >= 11 is 3.41. The van der Waals surface area contributed by atoms with Gasteiger partial charge in [0, 0.05) is 22.9 Å². The zero-order valence-electron chi connectivity index (χ0n) is 14.1. The van der Waals surface area contributed by atoms with Crippen molar-refractivity contribution in [2.75, 3.05) is 37.8 Å². The molecule has 0 fully saturated rings. The van der Waals surface area contributed by atoms with E-state index in [-0.39, 0.29) is 5.91 Å². The number of aromatic nitrogens is 2. The Balaban J connectivity index is 1.98. The van der Waals surface area contributed by atoms with E-state index in [1.54, 1.807) is 12.3 Å². The minimum absolute atomic E-state index is 0.251. The summed E-state index contributed by atoms with van der Waals surface area (Å²) in [6, 6.07) is 7.31. The molecule has 0 saturated heterocycles. The van der Waals surface area contributed by atoms with Gasteiger partial charge < -0.3 is 15.5 Å². The summed E-state index contributed by atoms with van der Waals surface area (Å²) in [7, 11) is 4.07. The molecule has 7 heteroatoms. The SMILES string of the molecule is Cc1cc(Br)ccc1NC(=O)c1ccnc(NCCCN(C)C)n1. The van der Waals surface area contributed by atoms with Gasteiger partial charge in [-0.3, -0.25) is 4.79 Å². The highest BCUT2D eigenvalue weighted by molar-refractivity contribution is 9.10. The molecule has 0 aliphatic heterocycles. The van der Waals surface area contributed by atoms with Crippen LogP contribution >= 0.6 is 15.9 Å². The van der Waals surface area contributed by atoms with Gasteiger partial charge in [-0.2, -0.15) is 0 Å². The van der Waals surface area contributed by atoms with Crippen LogP contribution in [0.4, 0.5) is 11.6 Å². The summed E-state index contributed by atoms with van der Waals surface area (Å²) in [5, 5.41) is 6.02. The maximum Gasteiger partial charge on any atom is 0.274 e. The summed E-state index contributed by atoms with van der Waals surface area (Å²) in [5.74, 6) is 0.216. The first kappa shape index (κ1) is 18.4. The molecule has 0 unspecified atom stereocenters. The van der Waals surface area contributed by atoms with Gasteiger partial charge in [0.1, 0.15) is 5.69 Å². The van der Waals surface area contributed by atoms with Gasteiger partial charge in [0.2, 0.25) is 5.95 Å². The maximum absolute atomic E-state index is 12.4. The topological polar surface area (TPSA) is 70.2 Å². The summed E-state index contributed by atoms with van der Waals surface area (Å²) in [6.07, 6.45) is 2.56. The van der Waals surface area contributed by atoms with Crippen molar-refractivity contribution in [1.82, 2.24) is 14.9 Å².